The molecule has 108 valence electrons. The Morgan fingerprint density at radius 1 is 1.00 bits per heavy atom. The highest BCUT2D eigenvalue weighted by Crippen LogP contribution is 2.27. The summed E-state index contributed by atoms with van der Waals surface area (Å²) in [5.41, 5.74) is 0.970. The molecular formula is C20H16O2. The molecule has 22 heavy (non-hydrogen) atoms. The summed E-state index contributed by atoms with van der Waals surface area (Å²) in [6, 6.07) is 18.5. The third-order valence-corrected chi connectivity index (χ3v) is 3.52. The molecule has 0 aromatic heterocycles. The molecule has 0 atom stereocenters. The van der Waals surface area contributed by atoms with Crippen molar-refractivity contribution in [3.8, 4) is 11.8 Å². The predicted octanol–water partition coefficient (Wildman–Crippen LogP) is 4.30. The lowest BCUT2D eigenvalue weighted by Crippen LogP contribution is -2.01. The maximum Gasteiger partial charge on any atom is 0.317 e. The number of carbonyl (C=O) groups excluding carboxylic acids is 1. The number of rotatable bonds is 2. The van der Waals surface area contributed by atoms with Crippen LogP contribution in [-0.2, 0) is 9.53 Å². The molecule has 2 nitrogen and oxygen atoms in total. The molecule has 0 N–H and O–H groups in total. The highest BCUT2D eigenvalue weighted by Gasteiger charge is 2.05. The van der Waals surface area contributed by atoms with Gasteiger partial charge in [0.05, 0.1) is 6.61 Å². The molecule has 0 amide bonds. The quantitative estimate of drug-likeness (QED) is 0.399. The number of benzene rings is 3. The van der Waals surface area contributed by atoms with E-state index >= 15 is 0 Å². The predicted molar refractivity (Wildman–Crippen MR) is 89.6 cm³/mol. The average Bonchev–Trinajstić information content (AvgIpc) is 2.54. The van der Waals surface area contributed by atoms with Gasteiger partial charge < -0.3 is 4.74 Å². The van der Waals surface area contributed by atoms with Crippen LogP contribution in [0, 0.1) is 11.8 Å². The van der Waals surface area contributed by atoms with Crippen molar-refractivity contribution in [1.82, 2.24) is 0 Å². The lowest BCUT2D eigenvalue weighted by atomic mass is 9.97. The van der Waals surface area contributed by atoms with Gasteiger partial charge in [0.1, 0.15) is 6.42 Å². The van der Waals surface area contributed by atoms with E-state index in [0.717, 1.165) is 27.1 Å². The fourth-order valence-electron chi connectivity index (χ4n) is 2.57. The number of carbonyl (C=O) groups is 1. The first kappa shape index (κ1) is 14.2. The van der Waals surface area contributed by atoms with E-state index in [-0.39, 0.29) is 12.4 Å². The van der Waals surface area contributed by atoms with E-state index in [2.05, 4.69) is 42.2 Å². The minimum Gasteiger partial charge on any atom is -0.465 e. The molecule has 0 aliphatic rings. The molecular weight excluding hydrogens is 272 g/mol. The number of esters is 1. The van der Waals surface area contributed by atoms with Crippen molar-refractivity contribution in [2.24, 2.45) is 0 Å². The van der Waals surface area contributed by atoms with Crippen LogP contribution >= 0.6 is 0 Å². The molecule has 0 saturated heterocycles. The zero-order chi connectivity index (χ0) is 15.4. The summed E-state index contributed by atoms with van der Waals surface area (Å²) in [6.07, 6.45) is 0.116. The maximum absolute atomic E-state index is 11.4. The Bertz CT molecular complexity index is 844. The number of hydrogen-bond donors (Lipinski definition) is 0. The summed E-state index contributed by atoms with van der Waals surface area (Å²) in [5, 5.41) is 4.53. The molecule has 0 aliphatic carbocycles. The van der Waals surface area contributed by atoms with E-state index in [1.807, 2.05) is 24.3 Å². The van der Waals surface area contributed by atoms with Crippen molar-refractivity contribution in [2.45, 2.75) is 13.3 Å². The van der Waals surface area contributed by atoms with Crippen molar-refractivity contribution in [3.63, 3.8) is 0 Å². The van der Waals surface area contributed by atoms with Gasteiger partial charge >= 0.3 is 5.97 Å². The van der Waals surface area contributed by atoms with Crippen LogP contribution in [0.5, 0.6) is 0 Å². The van der Waals surface area contributed by atoms with E-state index in [4.69, 9.17) is 4.74 Å². The van der Waals surface area contributed by atoms with Crippen molar-refractivity contribution >= 4 is 27.5 Å². The molecule has 3 rings (SSSR count). The molecule has 0 fully saturated rings. The molecule has 0 saturated carbocycles. The normalized spacial score (nSPS) is 10.2. The summed E-state index contributed by atoms with van der Waals surface area (Å²) < 4.78 is 4.91. The molecule has 0 aliphatic heterocycles. The van der Waals surface area contributed by atoms with Gasteiger partial charge in [-0.05, 0) is 34.5 Å². The monoisotopic (exact) mass is 288 g/mol. The first-order chi connectivity index (χ1) is 10.8. The van der Waals surface area contributed by atoms with Crippen LogP contribution in [0.15, 0.2) is 54.6 Å². The van der Waals surface area contributed by atoms with Crippen LogP contribution in [0.3, 0.4) is 0 Å². The lowest BCUT2D eigenvalue weighted by Gasteiger charge is -2.06. The first-order valence-electron chi connectivity index (χ1n) is 7.34. The molecule has 2 heteroatoms. The maximum atomic E-state index is 11.4. The SMILES string of the molecule is CCOC(=O)CC#Cc1c2ccccc2cc2ccccc12. The summed E-state index contributed by atoms with van der Waals surface area (Å²) in [7, 11) is 0. The van der Waals surface area contributed by atoms with Crippen LogP contribution in [0.1, 0.15) is 18.9 Å². The molecule has 0 spiro atoms. The second-order valence-corrected chi connectivity index (χ2v) is 4.98. The molecule has 3 aromatic rings. The number of ether oxygens (including phenoxy) is 1. The van der Waals surface area contributed by atoms with Crippen molar-refractivity contribution in [3.05, 3.63) is 60.2 Å². The van der Waals surface area contributed by atoms with Gasteiger partial charge in [0.15, 0.2) is 0 Å². The number of hydrogen-bond acceptors (Lipinski definition) is 2. The topological polar surface area (TPSA) is 26.3 Å². The number of fused-ring (bicyclic) bond motifs is 2. The molecule has 0 heterocycles. The Hall–Kier alpha value is -2.79. The van der Waals surface area contributed by atoms with Gasteiger partial charge in [-0.1, -0.05) is 60.4 Å². The first-order valence-corrected chi connectivity index (χ1v) is 7.34. The second kappa shape index (κ2) is 6.32. The van der Waals surface area contributed by atoms with Gasteiger partial charge in [0.25, 0.3) is 0 Å². The Morgan fingerprint density at radius 3 is 2.18 bits per heavy atom. The molecule has 3 aromatic carbocycles. The fourth-order valence-corrected chi connectivity index (χ4v) is 2.57. The minimum atomic E-state index is -0.278. The van der Waals surface area contributed by atoms with Gasteiger partial charge in [-0.3, -0.25) is 4.79 Å². The summed E-state index contributed by atoms with van der Waals surface area (Å²) >= 11 is 0. The van der Waals surface area contributed by atoms with Crippen LogP contribution in [0.4, 0.5) is 0 Å². The van der Waals surface area contributed by atoms with Gasteiger partial charge in [-0.25, -0.2) is 0 Å². The Kier molecular flexibility index (Phi) is 4.07. The highest BCUT2D eigenvalue weighted by molar-refractivity contribution is 6.04. The summed E-state index contributed by atoms with van der Waals surface area (Å²) in [4.78, 5) is 11.4. The van der Waals surface area contributed by atoms with Gasteiger partial charge in [-0.2, -0.15) is 0 Å². The smallest absolute Gasteiger partial charge is 0.317 e. The zero-order valence-electron chi connectivity index (χ0n) is 12.4. The van der Waals surface area contributed by atoms with E-state index in [1.54, 1.807) is 6.92 Å². The summed E-state index contributed by atoms with van der Waals surface area (Å²) in [6.45, 7) is 2.18. The Labute approximate surface area is 129 Å². The fraction of sp³-hybridized carbons (Fsp3) is 0.150. The van der Waals surface area contributed by atoms with Crippen LogP contribution in [-0.4, -0.2) is 12.6 Å². The summed E-state index contributed by atoms with van der Waals surface area (Å²) in [5.74, 6) is 5.84. The Morgan fingerprint density at radius 2 is 1.59 bits per heavy atom. The highest BCUT2D eigenvalue weighted by atomic mass is 16.5. The van der Waals surface area contributed by atoms with Crippen LogP contribution < -0.4 is 0 Å². The van der Waals surface area contributed by atoms with Crippen LogP contribution in [0.2, 0.25) is 0 Å². The van der Waals surface area contributed by atoms with Gasteiger partial charge in [-0.15, -0.1) is 0 Å². The van der Waals surface area contributed by atoms with Gasteiger partial charge in [0.2, 0.25) is 0 Å². The zero-order valence-corrected chi connectivity index (χ0v) is 12.4. The van der Waals surface area contributed by atoms with Crippen LogP contribution in [0.25, 0.3) is 21.5 Å². The average molecular weight is 288 g/mol. The van der Waals surface area contributed by atoms with E-state index < -0.39 is 0 Å². The van der Waals surface area contributed by atoms with Gasteiger partial charge in [0, 0.05) is 5.56 Å². The van der Waals surface area contributed by atoms with Crippen molar-refractivity contribution in [2.75, 3.05) is 6.61 Å². The largest absolute Gasteiger partial charge is 0.465 e. The third kappa shape index (κ3) is 2.80. The van der Waals surface area contributed by atoms with E-state index in [1.165, 1.54) is 0 Å². The third-order valence-electron chi connectivity index (χ3n) is 3.52. The van der Waals surface area contributed by atoms with E-state index in [9.17, 15) is 4.79 Å². The second-order valence-electron chi connectivity index (χ2n) is 4.98. The van der Waals surface area contributed by atoms with Crippen molar-refractivity contribution < 1.29 is 9.53 Å². The molecule has 0 bridgehead atoms. The van der Waals surface area contributed by atoms with E-state index in [0.29, 0.717) is 6.61 Å². The van der Waals surface area contributed by atoms with Crippen molar-refractivity contribution in [1.29, 1.82) is 0 Å². The lowest BCUT2D eigenvalue weighted by molar-refractivity contribution is -0.141. The Balaban J connectivity index is 2.12. The standard InChI is InChI=1S/C20H16O2/c1-2-22-20(21)13-7-12-19-17-10-5-3-8-15(17)14-16-9-4-6-11-18(16)19/h3-6,8-11,14H,2,13H2,1H3. The molecule has 0 radical (unpaired) electrons. The molecule has 0 unspecified atom stereocenters. The minimum absolute atomic E-state index is 0.116.